The first kappa shape index (κ1) is 14.3. The summed E-state index contributed by atoms with van der Waals surface area (Å²) in [5, 5.41) is 3.21. The summed E-state index contributed by atoms with van der Waals surface area (Å²) >= 11 is 0. The molecule has 1 aliphatic heterocycles. The van der Waals surface area contributed by atoms with Crippen LogP contribution in [0.2, 0.25) is 0 Å². The summed E-state index contributed by atoms with van der Waals surface area (Å²) in [6.07, 6.45) is -2.48. The van der Waals surface area contributed by atoms with Crippen molar-refractivity contribution in [1.29, 1.82) is 0 Å². The molecule has 6 heteroatoms. The highest BCUT2D eigenvalue weighted by Gasteiger charge is 2.32. The number of hydrogen-bond acceptors (Lipinski definition) is 3. The molecule has 0 unspecified atom stereocenters. The van der Waals surface area contributed by atoms with E-state index in [2.05, 4.69) is 10.3 Å². The SMILES string of the molecule is Cc1cc(COC2CCNCC2)cc(C(F)(F)F)n1. The molecule has 1 aliphatic rings. The van der Waals surface area contributed by atoms with Gasteiger partial charge in [0.25, 0.3) is 0 Å². The molecule has 0 spiro atoms. The van der Waals surface area contributed by atoms with Gasteiger partial charge in [-0.15, -0.1) is 0 Å². The van der Waals surface area contributed by atoms with Crippen LogP contribution in [-0.2, 0) is 17.5 Å². The van der Waals surface area contributed by atoms with Crippen LogP contribution in [0.1, 0.15) is 29.8 Å². The zero-order chi connectivity index (χ0) is 13.9. The molecule has 1 saturated heterocycles. The Bertz CT molecular complexity index is 428. The Morgan fingerprint density at radius 3 is 2.63 bits per heavy atom. The maximum Gasteiger partial charge on any atom is 0.433 e. The second kappa shape index (κ2) is 5.88. The largest absolute Gasteiger partial charge is 0.433 e. The van der Waals surface area contributed by atoms with Crippen LogP contribution in [0.15, 0.2) is 12.1 Å². The normalized spacial score (nSPS) is 17.7. The van der Waals surface area contributed by atoms with Gasteiger partial charge < -0.3 is 10.1 Å². The predicted molar refractivity (Wildman–Crippen MR) is 64.7 cm³/mol. The molecule has 0 amide bonds. The molecular weight excluding hydrogens is 257 g/mol. The number of nitrogens with one attached hydrogen (secondary N) is 1. The summed E-state index contributed by atoms with van der Waals surface area (Å²) in [6.45, 7) is 3.56. The van der Waals surface area contributed by atoms with Crippen molar-refractivity contribution < 1.29 is 17.9 Å². The van der Waals surface area contributed by atoms with Crippen molar-refractivity contribution in [3.8, 4) is 0 Å². The fourth-order valence-corrected chi connectivity index (χ4v) is 2.14. The highest BCUT2D eigenvalue weighted by atomic mass is 19.4. The number of halogens is 3. The molecule has 0 saturated carbocycles. The smallest absolute Gasteiger partial charge is 0.373 e. The van der Waals surface area contributed by atoms with Crippen LogP contribution in [0, 0.1) is 6.92 Å². The highest BCUT2D eigenvalue weighted by Crippen LogP contribution is 2.28. The zero-order valence-corrected chi connectivity index (χ0v) is 10.8. The Labute approximate surface area is 110 Å². The number of pyridine rings is 1. The number of alkyl halides is 3. The quantitative estimate of drug-likeness (QED) is 0.920. The molecular formula is C13H17F3N2O. The van der Waals surface area contributed by atoms with Gasteiger partial charge in [-0.1, -0.05) is 0 Å². The first-order valence-electron chi connectivity index (χ1n) is 6.32. The highest BCUT2D eigenvalue weighted by molar-refractivity contribution is 5.22. The molecule has 3 nitrogen and oxygen atoms in total. The van der Waals surface area contributed by atoms with Crippen LogP contribution in [0.5, 0.6) is 0 Å². The molecule has 0 atom stereocenters. The molecule has 1 N–H and O–H groups in total. The van der Waals surface area contributed by atoms with Gasteiger partial charge in [-0.3, -0.25) is 0 Å². The van der Waals surface area contributed by atoms with Gasteiger partial charge in [-0.25, -0.2) is 4.98 Å². The van der Waals surface area contributed by atoms with E-state index >= 15 is 0 Å². The Kier molecular flexibility index (Phi) is 4.42. The Morgan fingerprint density at radius 2 is 2.00 bits per heavy atom. The molecule has 1 fully saturated rings. The molecule has 0 aliphatic carbocycles. The van der Waals surface area contributed by atoms with Crippen molar-refractivity contribution >= 4 is 0 Å². The summed E-state index contributed by atoms with van der Waals surface area (Å²) < 4.78 is 43.6. The summed E-state index contributed by atoms with van der Waals surface area (Å²) in [5.41, 5.74) is 0.0357. The van der Waals surface area contributed by atoms with Crippen LogP contribution in [0.25, 0.3) is 0 Å². The molecule has 2 rings (SSSR count). The van der Waals surface area contributed by atoms with Crippen molar-refractivity contribution in [3.05, 3.63) is 29.1 Å². The number of hydrogen-bond donors (Lipinski definition) is 1. The lowest BCUT2D eigenvalue weighted by atomic mass is 10.1. The maximum atomic E-state index is 12.6. The first-order chi connectivity index (χ1) is 8.95. The van der Waals surface area contributed by atoms with E-state index in [-0.39, 0.29) is 12.7 Å². The minimum absolute atomic E-state index is 0.129. The molecule has 2 heterocycles. The topological polar surface area (TPSA) is 34.1 Å². The van der Waals surface area contributed by atoms with Crippen molar-refractivity contribution in [2.24, 2.45) is 0 Å². The first-order valence-corrected chi connectivity index (χ1v) is 6.32. The number of nitrogens with zero attached hydrogens (tertiary/aromatic N) is 1. The molecule has 0 bridgehead atoms. The Morgan fingerprint density at radius 1 is 1.32 bits per heavy atom. The van der Waals surface area contributed by atoms with Gasteiger partial charge in [0.2, 0.25) is 0 Å². The van der Waals surface area contributed by atoms with E-state index < -0.39 is 11.9 Å². The minimum atomic E-state index is -4.41. The minimum Gasteiger partial charge on any atom is -0.373 e. The van der Waals surface area contributed by atoms with Gasteiger partial charge in [-0.2, -0.15) is 13.2 Å². The third-order valence-electron chi connectivity index (χ3n) is 3.08. The summed E-state index contributed by atoms with van der Waals surface area (Å²) in [4.78, 5) is 3.51. The summed E-state index contributed by atoms with van der Waals surface area (Å²) in [5.74, 6) is 0. The summed E-state index contributed by atoms with van der Waals surface area (Å²) in [7, 11) is 0. The average Bonchev–Trinajstić information content (AvgIpc) is 2.36. The number of piperidine rings is 1. The fraction of sp³-hybridized carbons (Fsp3) is 0.615. The third-order valence-corrected chi connectivity index (χ3v) is 3.08. The van der Waals surface area contributed by atoms with Gasteiger partial charge in [-0.05, 0) is 50.6 Å². The molecule has 0 aromatic carbocycles. The van der Waals surface area contributed by atoms with Crippen molar-refractivity contribution in [2.75, 3.05) is 13.1 Å². The Balaban J connectivity index is 2.01. The van der Waals surface area contributed by atoms with E-state index in [1.165, 1.54) is 0 Å². The molecule has 1 aromatic rings. The van der Waals surface area contributed by atoms with Crippen LogP contribution < -0.4 is 5.32 Å². The fourth-order valence-electron chi connectivity index (χ4n) is 2.14. The Hall–Kier alpha value is -1.14. The molecule has 19 heavy (non-hydrogen) atoms. The van der Waals surface area contributed by atoms with Crippen LogP contribution in [0.4, 0.5) is 13.2 Å². The van der Waals surface area contributed by atoms with Crippen LogP contribution in [0.3, 0.4) is 0 Å². The second-order valence-electron chi connectivity index (χ2n) is 4.76. The van der Waals surface area contributed by atoms with E-state index in [1.54, 1.807) is 13.0 Å². The van der Waals surface area contributed by atoms with Gasteiger partial charge >= 0.3 is 6.18 Å². The lowest BCUT2D eigenvalue weighted by Crippen LogP contribution is -2.32. The number of aryl methyl sites for hydroxylation is 1. The number of ether oxygens (including phenoxy) is 1. The maximum absolute atomic E-state index is 12.6. The lowest BCUT2D eigenvalue weighted by Gasteiger charge is -2.23. The molecule has 0 radical (unpaired) electrons. The van der Waals surface area contributed by atoms with Gasteiger partial charge in [0.05, 0.1) is 12.7 Å². The third kappa shape index (κ3) is 4.18. The molecule has 106 valence electrons. The van der Waals surface area contributed by atoms with Crippen molar-refractivity contribution in [3.63, 3.8) is 0 Å². The zero-order valence-electron chi connectivity index (χ0n) is 10.8. The second-order valence-corrected chi connectivity index (χ2v) is 4.76. The van der Waals surface area contributed by atoms with E-state index in [0.717, 1.165) is 32.0 Å². The van der Waals surface area contributed by atoms with Crippen molar-refractivity contribution in [1.82, 2.24) is 10.3 Å². The average molecular weight is 274 g/mol. The monoisotopic (exact) mass is 274 g/mol. The van der Waals surface area contributed by atoms with Gasteiger partial charge in [0, 0.05) is 5.69 Å². The molecule has 1 aromatic heterocycles. The van der Waals surface area contributed by atoms with Crippen molar-refractivity contribution in [2.45, 2.75) is 38.7 Å². The van der Waals surface area contributed by atoms with E-state index in [0.29, 0.717) is 11.3 Å². The standard InChI is InChI=1S/C13H17F3N2O/c1-9-6-10(7-12(18-9)13(14,15)16)8-19-11-2-4-17-5-3-11/h6-7,11,17H,2-5,8H2,1H3. The number of rotatable bonds is 3. The summed E-state index contributed by atoms with van der Waals surface area (Å²) in [6, 6.07) is 2.70. The van der Waals surface area contributed by atoms with E-state index in [4.69, 9.17) is 4.74 Å². The van der Waals surface area contributed by atoms with Crippen LogP contribution >= 0.6 is 0 Å². The predicted octanol–water partition coefficient (Wildman–Crippen LogP) is 2.68. The van der Waals surface area contributed by atoms with E-state index in [9.17, 15) is 13.2 Å². The lowest BCUT2D eigenvalue weighted by molar-refractivity contribution is -0.141. The van der Waals surface area contributed by atoms with Crippen LogP contribution in [-0.4, -0.2) is 24.2 Å². The van der Waals surface area contributed by atoms with E-state index in [1.807, 2.05) is 0 Å². The van der Waals surface area contributed by atoms with Gasteiger partial charge in [0.1, 0.15) is 5.69 Å². The van der Waals surface area contributed by atoms with Gasteiger partial charge in [0.15, 0.2) is 0 Å². The number of aromatic nitrogens is 1.